The number of piperazine rings is 1. The van der Waals surface area contributed by atoms with E-state index in [2.05, 4.69) is 4.90 Å². The zero-order valence-electron chi connectivity index (χ0n) is 27.2. The van der Waals surface area contributed by atoms with Crippen LogP contribution in [-0.4, -0.2) is 78.6 Å². The van der Waals surface area contributed by atoms with Gasteiger partial charge in [0.2, 0.25) is 0 Å². The number of anilines is 1. The molecule has 0 saturated carbocycles. The van der Waals surface area contributed by atoms with Crippen molar-refractivity contribution in [2.75, 3.05) is 58.3 Å². The minimum Gasteiger partial charge on any atom is -0.496 e. The average Bonchev–Trinajstić information content (AvgIpc) is 3.38. The van der Waals surface area contributed by atoms with Gasteiger partial charge in [0, 0.05) is 50.9 Å². The van der Waals surface area contributed by atoms with E-state index in [0.29, 0.717) is 69.3 Å². The number of nitrogens with zero attached hydrogens (tertiary/aromatic N) is 6. The number of thiazole rings is 1. The third-order valence-electron chi connectivity index (χ3n) is 9.06. The van der Waals surface area contributed by atoms with Crippen molar-refractivity contribution in [1.29, 1.82) is 0 Å². The first-order chi connectivity index (χ1) is 22.7. The van der Waals surface area contributed by atoms with Crippen LogP contribution in [0, 0.1) is 10.1 Å². The number of hydrogen-bond acceptors (Lipinski definition) is 9. The molecule has 1 atom stereocenters. The average molecular weight is 655 g/mol. The lowest BCUT2D eigenvalue weighted by Crippen LogP contribution is -2.44. The first kappa shape index (κ1) is 32.1. The number of fused-ring (bicyclic) bond motifs is 2. The number of methoxy groups -OCH3 is 1. The molecule has 12 heteroatoms. The van der Waals surface area contributed by atoms with Crippen LogP contribution in [0.25, 0.3) is 16.8 Å². The highest BCUT2D eigenvalue weighted by Crippen LogP contribution is 2.40. The van der Waals surface area contributed by atoms with E-state index in [0.717, 1.165) is 23.9 Å². The molecule has 3 aromatic carbocycles. The van der Waals surface area contributed by atoms with Crippen molar-refractivity contribution in [2.24, 2.45) is 4.99 Å². The molecule has 0 N–H and O–H groups in total. The third kappa shape index (κ3) is 5.83. The smallest absolute Gasteiger partial charge is 0.293 e. The molecule has 4 aromatic rings. The normalized spacial score (nSPS) is 17.1. The zero-order chi connectivity index (χ0) is 33.4. The topological polar surface area (TPSA) is 114 Å². The highest BCUT2D eigenvalue weighted by atomic mass is 32.1. The molecule has 1 saturated heterocycles. The van der Waals surface area contributed by atoms with Gasteiger partial charge in [0.1, 0.15) is 17.5 Å². The maximum Gasteiger partial charge on any atom is 0.293 e. The predicted molar refractivity (Wildman–Crippen MR) is 185 cm³/mol. The summed E-state index contributed by atoms with van der Waals surface area (Å²) < 4.78 is 7.82. The van der Waals surface area contributed by atoms with Crippen molar-refractivity contribution in [3.8, 4) is 5.75 Å². The van der Waals surface area contributed by atoms with Crippen molar-refractivity contribution in [3.63, 3.8) is 0 Å². The standard InChI is InChI=1S/C35H38N6O5S/c1-6-38(7-2)34(43)30-22(3)36-35-40(32(30)31-25-11-9-8-10-24(25)13-15-28(31)46-5)33(42)29(47-35)21-23-12-14-26(27(20-23)41(44)45)39-18-16-37(4)17-19-39/h8-15,20-21,32H,6-7,16-19H2,1-5H3/b29-21-/t32-/m0/s1. The highest BCUT2D eigenvalue weighted by Gasteiger charge is 2.36. The van der Waals surface area contributed by atoms with Gasteiger partial charge in [-0.05, 0) is 62.4 Å². The minimum atomic E-state index is -0.809. The molecule has 0 spiro atoms. The van der Waals surface area contributed by atoms with E-state index in [9.17, 15) is 19.7 Å². The number of hydrogen-bond donors (Lipinski definition) is 0. The van der Waals surface area contributed by atoms with Gasteiger partial charge in [0.05, 0.1) is 27.8 Å². The Hall–Kier alpha value is -4.81. The molecule has 244 valence electrons. The van der Waals surface area contributed by atoms with Crippen LogP contribution in [0.3, 0.4) is 0 Å². The monoisotopic (exact) mass is 654 g/mol. The van der Waals surface area contributed by atoms with Crippen LogP contribution in [0.1, 0.15) is 37.9 Å². The first-order valence-corrected chi connectivity index (χ1v) is 16.6. The van der Waals surface area contributed by atoms with Gasteiger partial charge in [-0.3, -0.25) is 24.3 Å². The van der Waals surface area contributed by atoms with Gasteiger partial charge >= 0.3 is 0 Å². The molecule has 0 bridgehead atoms. The van der Waals surface area contributed by atoms with Gasteiger partial charge in [0.15, 0.2) is 4.80 Å². The molecule has 2 aliphatic rings. The second-order valence-electron chi connectivity index (χ2n) is 11.8. The Morgan fingerprint density at radius 1 is 1.11 bits per heavy atom. The molecule has 11 nitrogen and oxygen atoms in total. The Bertz CT molecular complexity index is 2090. The van der Waals surface area contributed by atoms with E-state index < -0.39 is 6.04 Å². The van der Waals surface area contributed by atoms with Crippen LogP contribution in [0.5, 0.6) is 5.75 Å². The molecule has 0 radical (unpaired) electrons. The number of amides is 1. The molecule has 0 unspecified atom stereocenters. The van der Waals surface area contributed by atoms with E-state index in [1.807, 2.05) is 68.3 Å². The van der Waals surface area contributed by atoms with Gasteiger partial charge in [-0.1, -0.05) is 47.7 Å². The van der Waals surface area contributed by atoms with Crippen LogP contribution < -0.4 is 24.5 Å². The number of carbonyl (C=O) groups excluding carboxylic acids is 1. The van der Waals surface area contributed by atoms with Crippen molar-refractivity contribution >= 4 is 45.5 Å². The predicted octanol–water partition coefficient (Wildman–Crippen LogP) is 3.93. The molecular formula is C35H38N6O5S. The highest BCUT2D eigenvalue weighted by molar-refractivity contribution is 7.07. The summed E-state index contributed by atoms with van der Waals surface area (Å²) in [6.45, 7) is 9.68. The van der Waals surface area contributed by atoms with Gasteiger partial charge in [-0.25, -0.2) is 4.99 Å². The molecule has 3 heterocycles. The molecule has 1 aromatic heterocycles. The van der Waals surface area contributed by atoms with Crippen LogP contribution in [0.4, 0.5) is 11.4 Å². The summed E-state index contributed by atoms with van der Waals surface area (Å²) >= 11 is 1.20. The Morgan fingerprint density at radius 3 is 2.51 bits per heavy atom. The van der Waals surface area contributed by atoms with Gasteiger partial charge in [-0.2, -0.15) is 0 Å². The summed E-state index contributed by atoms with van der Waals surface area (Å²) in [5.74, 6) is 0.360. The lowest BCUT2D eigenvalue weighted by Gasteiger charge is -2.33. The number of nitro benzene ring substituents is 1. The maximum atomic E-state index is 14.4. The van der Waals surface area contributed by atoms with E-state index in [-0.39, 0.29) is 22.1 Å². The quantitative estimate of drug-likeness (QED) is 0.209. The summed E-state index contributed by atoms with van der Waals surface area (Å²) in [6.07, 6.45) is 1.67. The molecule has 0 aliphatic carbocycles. The number of nitro groups is 1. The van der Waals surface area contributed by atoms with Crippen molar-refractivity contribution in [1.82, 2.24) is 14.4 Å². The minimum absolute atomic E-state index is 0.00241. The van der Waals surface area contributed by atoms with Crippen LogP contribution >= 0.6 is 11.3 Å². The third-order valence-corrected chi connectivity index (χ3v) is 10.0. The summed E-state index contributed by atoms with van der Waals surface area (Å²) in [4.78, 5) is 51.6. The number of allylic oxidation sites excluding steroid dienone is 1. The summed E-state index contributed by atoms with van der Waals surface area (Å²) in [6, 6.07) is 16.0. The number of benzene rings is 3. The second-order valence-corrected chi connectivity index (χ2v) is 12.8. The number of aromatic nitrogens is 1. The first-order valence-electron chi connectivity index (χ1n) is 15.8. The SMILES string of the molecule is CCN(CC)C(=O)C1=C(C)N=c2s/c(=C\c3ccc(N4CCN(C)CC4)c([N+](=O)[O-])c3)c(=O)n2[C@@H]1c1c(OC)ccc2ccccc12. The van der Waals surface area contributed by atoms with Gasteiger partial charge in [-0.15, -0.1) is 0 Å². The van der Waals surface area contributed by atoms with Crippen LogP contribution in [-0.2, 0) is 4.79 Å². The Balaban J connectivity index is 1.55. The molecular weight excluding hydrogens is 616 g/mol. The molecule has 47 heavy (non-hydrogen) atoms. The van der Waals surface area contributed by atoms with E-state index >= 15 is 0 Å². The largest absolute Gasteiger partial charge is 0.496 e. The van der Waals surface area contributed by atoms with Crippen LogP contribution in [0.15, 0.2) is 75.7 Å². The number of rotatable bonds is 8. The fraction of sp³-hybridized carbons (Fsp3) is 0.343. The molecule has 1 fully saturated rings. The van der Waals surface area contributed by atoms with Gasteiger partial charge < -0.3 is 19.4 Å². The molecule has 2 aliphatic heterocycles. The second kappa shape index (κ2) is 13.1. The van der Waals surface area contributed by atoms with Crippen molar-refractivity contribution < 1.29 is 14.5 Å². The van der Waals surface area contributed by atoms with E-state index in [1.54, 1.807) is 35.6 Å². The lowest BCUT2D eigenvalue weighted by atomic mass is 9.90. The van der Waals surface area contributed by atoms with Gasteiger partial charge in [0.25, 0.3) is 17.2 Å². The molecule has 6 rings (SSSR count). The maximum absolute atomic E-state index is 14.4. The Labute approximate surface area is 276 Å². The fourth-order valence-electron chi connectivity index (χ4n) is 6.53. The zero-order valence-corrected chi connectivity index (χ0v) is 28.0. The van der Waals surface area contributed by atoms with Crippen molar-refractivity contribution in [3.05, 3.63) is 107 Å². The number of ether oxygens (including phenoxy) is 1. The molecule has 1 amide bonds. The van der Waals surface area contributed by atoms with E-state index in [4.69, 9.17) is 9.73 Å². The summed E-state index contributed by atoms with van der Waals surface area (Å²) in [5, 5.41) is 14.0. The van der Waals surface area contributed by atoms with Crippen molar-refractivity contribution in [2.45, 2.75) is 26.8 Å². The Kier molecular flexibility index (Phi) is 8.98. The van der Waals surface area contributed by atoms with Crippen LogP contribution in [0.2, 0.25) is 0 Å². The number of likely N-dealkylation sites (N-methyl/N-ethyl adjacent to an activating group) is 2. The Morgan fingerprint density at radius 2 is 1.83 bits per heavy atom. The summed E-state index contributed by atoms with van der Waals surface area (Å²) in [7, 11) is 3.62. The number of carbonyl (C=O) groups is 1. The lowest BCUT2D eigenvalue weighted by molar-refractivity contribution is -0.384. The summed E-state index contributed by atoms with van der Waals surface area (Å²) in [5.41, 5.74) is 2.41. The van der Waals surface area contributed by atoms with E-state index in [1.165, 1.54) is 17.4 Å². The fourth-order valence-corrected chi connectivity index (χ4v) is 7.57.